The van der Waals surface area contributed by atoms with Crippen LogP contribution in [0, 0.1) is 11.8 Å². The number of aliphatic hydroxyl groups excluding tert-OH is 1. The number of alkyl carbamates (subject to hydrolysis) is 1. The molecule has 2 aromatic carbocycles. The van der Waals surface area contributed by atoms with Gasteiger partial charge in [-0.15, -0.1) is 0 Å². The third kappa shape index (κ3) is 9.32. The third-order valence-corrected chi connectivity index (χ3v) is 7.62. The van der Waals surface area contributed by atoms with Crippen LogP contribution in [0.4, 0.5) is 4.79 Å². The summed E-state index contributed by atoms with van der Waals surface area (Å²) in [5, 5.41) is 17.9. The fourth-order valence-electron chi connectivity index (χ4n) is 4.65. The number of aliphatic hydroxyl groups is 1. The van der Waals surface area contributed by atoms with Gasteiger partial charge in [-0.2, -0.15) is 8.42 Å². The van der Waals surface area contributed by atoms with Gasteiger partial charge < -0.3 is 25.8 Å². The summed E-state index contributed by atoms with van der Waals surface area (Å²) in [4.78, 5) is 38.4. The molecule has 1 heterocycles. The van der Waals surface area contributed by atoms with Crippen LogP contribution in [0.5, 0.6) is 0 Å². The Morgan fingerprint density at radius 2 is 1.68 bits per heavy atom. The van der Waals surface area contributed by atoms with Gasteiger partial charge in [-0.1, -0.05) is 74.5 Å². The summed E-state index contributed by atoms with van der Waals surface area (Å²) in [5.41, 5.74) is -0.652. The SMILES string of the molecule is CC(C)C[C@H](NC(=O)OC(Cc1ccccc1)c1ccccc1)C(=O)N[C@@H](CC1CCNC1=O)C(O)S(=O)(=O)O. The van der Waals surface area contributed by atoms with E-state index in [0.29, 0.717) is 19.4 Å². The molecule has 3 unspecified atom stereocenters. The molecule has 0 aliphatic carbocycles. The highest BCUT2D eigenvalue weighted by Gasteiger charge is 2.38. The van der Waals surface area contributed by atoms with Crippen molar-refractivity contribution in [3.63, 3.8) is 0 Å². The van der Waals surface area contributed by atoms with Gasteiger partial charge in [0.2, 0.25) is 17.3 Å². The molecule has 5 atom stereocenters. The van der Waals surface area contributed by atoms with E-state index in [1.807, 2.05) is 74.5 Å². The topological polar surface area (TPSA) is 171 Å². The lowest BCUT2D eigenvalue weighted by molar-refractivity contribution is -0.126. The Morgan fingerprint density at radius 1 is 1.05 bits per heavy atom. The van der Waals surface area contributed by atoms with Crippen LogP contribution < -0.4 is 16.0 Å². The zero-order valence-corrected chi connectivity index (χ0v) is 23.3. The number of benzene rings is 2. The van der Waals surface area contributed by atoms with Gasteiger partial charge in [0.1, 0.15) is 12.1 Å². The smallest absolute Gasteiger partial charge is 0.408 e. The molecule has 2 aromatic rings. The van der Waals surface area contributed by atoms with Crippen molar-refractivity contribution in [2.24, 2.45) is 11.8 Å². The van der Waals surface area contributed by atoms with E-state index in [9.17, 15) is 32.5 Å². The molecule has 0 radical (unpaired) electrons. The fourth-order valence-corrected chi connectivity index (χ4v) is 5.24. The number of ether oxygens (including phenoxy) is 1. The van der Waals surface area contributed by atoms with Gasteiger partial charge in [0.25, 0.3) is 10.1 Å². The quantitative estimate of drug-likeness (QED) is 0.227. The molecule has 3 rings (SSSR count). The Kier molecular flexibility index (Phi) is 11.1. The largest absolute Gasteiger partial charge is 0.441 e. The lowest BCUT2D eigenvalue weighted by atomic mass is 9.97. The normalized spacial score (nSPS) is 18.3. The van der Waals surface area contributed by atoms with Gasteiger partial charge >= 0.3 is 6.09 Å². The molecule has 0 aromatic heterocycles. The zero-order valence-electron chi connectivity index (χ0n) is 22.5. The van der Waals surface area contributed by atoms with E-state index in [4.69, 9.17) is 4.74 Å². The molecule has 40 heavy (non-hydrogen) atoms. The highest BCUT2D eigenvalue weighted by molar-refractivity contribution is 7.86. The van der Waals surface area contributed by atoms with E-state index in [1.54, 1.807) is 0 Å². The predicted octanol–water partition coefficient (Wildman–Crippen LogP) is 2.33. The van der Waals surface area contributed by atoms with Crippen molar-refractivity contribution in [2.45, 2.75) is 63.2 Å². The van der Waals surface area contributed by atoms with Crippen LogP contribution in [0.25, 0.3) is 0 Å². The van der Waals surface area contributed by atoms with Crippen LogP contribution >= 0.6 is 0 Å². The molecule has 1 saturated heterocycles. The molecule has 1 fully saturated rings. The summed E-state index contributed by atoms with van der Waals surface area (Å²) in [6, 6.07) is 16.0. The number of carbonyl (C=O) groups excluding carboxylic acids is 3. The van der Waals surface area contributed by atoms with Gasteiger partial charge in [-0.25, -0.2) is 4.79 Å². The van der Waals surface area contributed by atoms with Crippen LogP contribution in [0.2, 0.25) is 0 Å². The molecule has 1 aliphatic heterocycles. The maximum atomic E-state index is 13.3. The molecule has 11 nitrogen and oxygen atoms in total. The van der Waals surface area contributed by atoms with E-state index < -0.39 is 51.7 Å². The molecule has 12 heteroatoms. The Morgan fingerprint density at radius 3 is 2.23 bits per heavy atom. The van der Waals surface area contributed by atoms with E-state index >= 15 is 0 Å². The summed E-state index contributed by atoms with van der Waals surface area (Å²) < 4.78 is 38.6. The van der Waals surface area contributed by atoms with Crippen molar-refractivity contribution in [1.82, 2.24) is 16.0 Å². The number of amides is 3. The summed E-state index contributed by atoms with van der Waals surface area (Å²) in [7, 11) is -4.96. The van der Waals surface area contributed by atoms with E-state index in [1.165, 1.54) is 0 Å². The zero-order chi connectivity index (χ0) is 29.3. The van der Waals surface area contributed by atoms with Crippen molar-refractivity contribution < 1.29 is 37.2 Å². The van der Waals surface area contributed by atoms with Crippen molar-refractivity contribution >= 4 is 28.0 Å². The van der Waals surface area contributed by atoms with Crippen molar-refractivity contribution in [3.8, 4) is 0 Å². The maximum Gasteiger partial charge on any atom is 0.408 e. The van der Waals surface area contributed by atoms with Crippen molar-refractivity contribution in [3.05, 3.63) is 71.8 Å². The minimum atomic E-state index is -4.96. The summed E-state index contributed by atoms with van der Waals surface area (Å²) >= 11 is 0. The maximum absolute atomic E-state index is 13.3. The fraction of sp³-hybridized carbons (Fsp3) is 0.464. The molecule has 0 saturated carbocycles. The third-order valence-electron chi connectivity index (χ3n) is 6.68. The molecular formula is C28H37N3O8S. The predicted molar refractivity (Wildman–Crippen MR) is 147 cm³/mol. The van der Waals surface area contributed by atoms with Gasteiger partial charge in [-0.3, -0.25) is 14.1 Å². The average molecular weight is 576 g/mol. The standard InChI is InChI=1S/C28H37N3O8S/c1-18(2)15-22(26(33)30-23(27(34)40(36,37)38)17-21-13-14-29-25(21)32)31-28(35)39-24(20-11-7-4-8-12-20)16-19-9-5-3-6-10-19/h3-12,18,21-24,27,34H,13-17H2,1-2H3,(H,29,32)(H,30,33)(H,31,35)(H,36,37,38)/t21?,22-,23-,24?,27?/m0/s1. The van der Waals surface area contributed by atoms with Crippen LogP contribution in [0.15, 0.2) is 60.7 Å². The first-order valence-corrected chi connectivity index (χ1v) is 14.7. The Hall–Kier alpha value is -3.48. The number of rotatable bonds is 13. The number of nitrogens with one attached hydrogen (secondary N) is 3. The second kappa shape index (κ2) is 14.2. The highest BCUT2D eigenvalue weighted by atomic mass is 32.2. The van der Waals surface area contributed by atoms with Gasteiger partial charge in [0.15, 0.2) is 0 Å². The van der Waals surface area contributed by atoms with Crippen LogP contribution in [0.1, 0.15) is 50.3 Å². The number of hydrogen-bond acceptors (Lipinski definition) is 7. The molecule has 218 valence electrons. The molecular weight excluding hydrogens is 538 g/mol. The average Bonchev–Trinajstić information content (AvgIpc) is 3.31. The first-order chi connectivity index (χ1) is 18.9. The Balaban J connectivity index is 1.75. The Bertz CT molecular complexity index is 1240. The highest BCUT2D eigenvalue weighted by Crippen LogP contribution is 2.23. The van der Waals surface area contributed by atoms with Crippen molar-refractivity contribution in [1.29, 1.82) is 0 Å². The van der Waals surface area contributed by atoms with Gasteiger partial charge in [-0.05, 0) is 36.3 Å². The van der Waals surface area contributed by atoms with Crippen LogP contribution in [0.3, 0.4) is 0 Å². The summed E-state index contributed by atoms with van der Waals surface area (Å²) in [6.45, 7) is 4.05. The van der Waals surface area contributed by atoms with Crippen LogP contribution in [-0.2, 0) is 30.9 Å². The molecule has 1 aliphatic rings. The summed E-state index contributed by atoms with van der Waals surface area (Å²) in [6.07, 6.45) is -0.774. The molecule has 0 spiro atoms. The molecule has 5 N–H and O–H groups in total. The Labute approximate surface area is 234 Å². The van der Waals surface area contributed by atoms with E-state index in [2.05, 4.69) is 16.0 Å². The molecule has 3 amide bonds. The summed E-state index contributed by atoms with van der Waals surface area (Å²) in [5.74, 6) is -1.84. The van der Waals surface area contributed by atoms with Crippen LogP contribution in [-0.4, -0.2) is 60.0 Å². The minimum absolute atomic E-state index is 0.0594. The van der Waals surface area contributed by atoms with E-state index in [-0.39, 0.29) is 24.7 Å². The minimum Gasteiger partial charge on any atom is -0.441 e. The second-order valence-electron chi connectivity index (χ2n) is 10.4. The number of hydrogen-bond donors (Lipinski definition) is 5. The number of carbonyl (C=O) groups is 3. The van der Waals surface area contributed by atoms with E-state index in [0.717, 1.165) is 11.1 Å². The lowest BCUT2D eigenvalue weighted by Gasteiger charge is -2.28. The van der Waals surface area contributed by atoms with Gasteiger partial charge in [0.05, 0.1) is 6.04 Å². The first-order valence-electron chi connectivity index (χ1n) is 13.2. The van der Waals surface area contributed by atoms with Gasteiger partial charge in [0, 0.05) is 18.9 Å². The molecule has 0 bridgehead atoms. The lowest BCUT2D eigenvalue weighted by Crippen LogP contribution is -2.55. The first kappa shape index (κ1) is 31.1. The van der Waals surface area contributed by atoms with Crippen molar-refractivity contribution in [2.75, 3.05) is 6.54 Å². The second-order valence-corrected chi connectivity index (χ2v) is 11.9. The monoisotopic (exact) mass is 575 g/mol.